The highest BCUT2D eigenvalue weighted by atomic mass is 19.1. The van der Waals surface area contributed by atoms with Crippen LogP contribution in [0.3, 0.4) is 0 Å². The predicted octanol–water partition coefficient (Wildman–Crippen LogP) is 3.73. The number of hydrogen-bond acceptors (Lipinski definition) is 5. The average molecular weight is 364 g/mol. The van der Waals surface area contributed by atoms with Crippen molar-refractivity contribution in [2.45, 2.75) is 31.7 Å². The van der Waals surface area contributed by atoms with Gasteiger partial charge in [-0.25, -0.2) is 9.07 Å². The van der Waals surface area contributed by atoms with Gasteiger partial charge < -0.3 is 9.73 Å². The van der Waals surface area contributed by atoms with Gasteiger partial charge in [0.2, 0.25) is 5.95 Å². The Hall–Kier alpha value is -3.22. The number of aromatic nitrogens is 3. The fourth-order valence-corrected chi connectivity index (χ4v) is 4.03. The van der Waals surface area contributed by atoms with Gasteiger partial charge in [-0.05, 0) is 43.2 Å². The smallest absolute Gasteiger partial charge is 0.226 e. The van der Waals surface area contributed by atoms with Crippen LogP contribution in [0.4, 0.5) is 10.3 Å². The van der Waals surface area contributed by atoms with Crippen LogP contribution >= 0.6 is 0 Å². The first-order valence-corrected chi connectivity index (χ1v) is 8.85. The molecule has 2 unspecified atom stereocenters. The number of furan rings is 1. The van der Waals surface area contributed by atoms with E-state index in [2.05, 4.69) is 15.4 Å². The number of nitrogens with one attached hydrogen (secondary N) is 1. The Morgan fingerprint density at radius 3 is 2.93 bits per heavy atom. The summed E-state index contributed by atoms with van der Waals surface area (Å²) in [5.74, 6) is 1.59. The van der Waals surface area contributed by atoms with Crippen molar-refractivity contribution in [3.63, 3.8) is 0 Å². The predicted molar refractivity (Wildman–Crippen MR) is 95.6 cm³/mol. The molecule has 5 rings (SSSR count). The van der Waals surface area contributed by atoms with Gasteiger partial charge in [-0.1, -0.05) is 12.1 Å². The zero-order chi connectivity index (χ0) is 18.5. The van der Waals surface area contributed by atoms with E-state index in [-0.39, 0.29) is 17.5 Å². The minimum atomic E-state index is -0.488. The van der Waals surface area contributed by atoms with E-state index in [1.165, 1.54) is 12.1 Å². The molecule has 27 heavy (non-hydrogen) atoms. The van der Waals surface area contributed by atoms with Crippen molar-refractivity contribution in [3.05, 3.63) is 76.9 Å². The van der Waals surface area contributed by atoms with Gasteiger partial charge in [-0.2, -0.15) is 10.1 Å². The number of carbonyl (C=O) groups excluding carboxylic acids is 1. The molecule has 1 N–H and O–H groups in total. The molecule has 2 aromatic heterocycles. The third-order valence-corrected chi connectivity index (χ3v) is 5.14. The van der Waals surface area contributed by atoms with E-state index in [0.29, 0.717) is 35.8 Å². The van der Waals surface area contributed by atoms with Gasteiger partial charge in [-0.15, -0.1) is 0 Å². The lowest BCUT2D eigenvalue weighted by molar-refractivity contribution is -0.117. The Morgan fingerprint density at radius 1 is 1.26 bits per heavy atom. The minimum Gasteiger partial charge on any atom is -0.469 e. The summed E-state index contributed by atoms with van der Waals surface area (Å²) >= 11 is 0. The molecular formula is C20H17FN4O2. The highest BCUT2D eigenvalue weighted by Gasteiger charge is 2.40. The molecular weight excluding hydrogens is 347 g/mol. The second-order valence-electron chi connectivity index (χ2n) is 6.95. The van der Waals surface area contributed by atoms with Gasteiger partial charge in [-0.3, -0.25) is 4.79 Å². The molecule has 0 radical (unpaired) electrons. The van der Waals surface area contributed by atoms with Crippen LogP contribution in [0.2, 0.25) is 0 Å². The van der Waals surface area contributed by atoms with Crippen LogP contribution in [0, 0.1) is 12.7 Å². The Morgan fingerprint density at radius 2 is 2.15 bits per heavy atom. The van der Waals surface area contributed by atoms with E-state index < -0.39 is 6.04 Å². The third kappa shape index (κ3) is 2.58. The second-order valence-corrected chi connectivity index (χ2v) is 6.95. The molecule has 2 atom stereocenters. The van der Waals surface area contributed by atoms with Gasteiger partial charge in [0.25, 0.3) is 0 Å². The topological polar surface area (TPSA) is 73.0 Å². The molecule has 0 saturated carbocycles. The number of allylic oxidation sites excluding steroid dienone is 2. The van der Waals surface area contributed by atoms with Crippen molar-refractivity contribution in [2.24, 2.45) is 0 Å². The summed E-state index contributed by atoms with van der Waals surface area (Å²) in [5, 5.41) is 7.72. The zero-order valence-electron chi connectivity index (χ0n) is 14.6. The van der Waals surface area contributed by atoms with Crippen LogP contribution in [0.1, 0.15) is 41.9 Å². The third-order valence-electron chi connectivity index (χ3n) is 5.14. The molecule has 136 valence electrons. The number of rotatable bonds is 2. The van der Waals surface area contributed by atoms with Crippen LogP contribution in [0.25, 0.3) is 0 Å². The molecule has 1 aromatic carbocycles. The second kappa shape index (κ2) is 5.90. The molecule has 6 nitrogen and oxygen atoms in total. The summed E-state index contributed by atoms with van der Waals surface area (Å²) in [5.41, 5.74) is 2.11. The largest absolute Gasteiger partial charge is 0.469 e. The van der Waals surface area contributed by atoms with Crippen molar-refractivity contribution in [3.8, 4) is 0 Å². The van der Waals surface area contributed by atoms with Gasteiger partial charge >= 0.3 is 0 Å². The molecule has 1 aliphatic heterocycles. The Kier molecular flexibility index (Phi) is 3.50. The SMILES string of the molecule is Cc1nc2n(n1)C(c1cccc(F)c1)C1=C(CC(c3ccco3)CC1=O)N2. The molecule has 3 aromatic rings. The first-order chi connectivity index (χ1) is 13.1. The Balaban J connectivity index is 1.65. The summed E-state index contributed by atoms with van der Waals surface area (Å²) in [7, 11) is 0. The summed E-state index contributed by atoms with van der Waals surface area (Å²) in [6, 6.07) is 9.54. The number of anilines is 1. The summed E-state index contributed by atoms with van der Waals surface area (Å²) in [4.78, 5) is 17.6. The lowest BCUT2D eigenvalue weighted by Gasteiger charge is -2.34. The fraction of sp³-hybridized carbons (Fsp3) is 0.250. The minimum absolute atomic E-state index is 0.0122. The molecule has 0 saturated heterocycles. The zero-order valence-corrected chi connectivity index (χ0v) is 14.6. The monoisotopic (exact) mass is 364 g/mol. The number of hydrogen-bond donors (Lipinski definition) is 1. The first kappa shape index (κ1) is 16.0. The Bertz CT molecular complexity index is 1070. The van der Waals surface area contributed by atoms with Crippen molar-refractivity contribution in [2.75, 3.05) is 5.32 Å². The lowest BCUT2D eigenvalue weighted by Crippen LogP contribution is -2.33. The summed E-state index contributed by atoms with van der Waals surface area (Å²) in [6.45, 7) is 1.79. The number of fused-ring (bicyclic) bond motifs is 1. The van der Waals surface area contributed by atoms with Crippen molar-refractivity contribution in [1.29, 1.82) is 0 Å². The number of carbonyl (C=O) groups is 1. The van der Waals surface area contributed by atoms with E-state index in [4.69, 9.17) is 4.42 Å². The number of Topliss-reactive ketones (excluding diaryl/α,β-unsaturated/α-hetero) is 1. The van der Waals surface area contributed by atoms with Crippen molar-refractivity contribution >= 4 is 11.7 Å². The van der Waals surface area contributed by atoms with Gasteiger partial charge in [0, 0.05) is 23.6 Å². The van der Waals surface area contributed by atoms with E-state index in [0.717, 1.165) is 11.5 Å². The van der Waals surface area contributed by atoms with E-state index >= 15 is 0 Å². The number of ketones is 1. The molecule has 7 heteroatoms. The maximum atomic E-state index is 13.9. The molecule has 0 amide bonds. The Labute approximate surface area is 154 Å². The quantitative estimate of drug-likeness (QED) is 0.750. The maximum absolute atomic E-state index is 13.9. The van der Waals surface area contributed by atoms with Crippen molar-refractivity contribution in [1.82, 2.24) is 14.8 Å². The molecule has 0 bridgehead atoms. The molecule has 0 fully saturated rings. The highest BCUT2D eigenvalue weighted by Crippen LogP contribution is 2.44. The summed E-state index contributed by atoms with van der Waals surface area (Å²) in [6.07, 6.45) is 2.60. The number of benzene rings is 1. The van der Waals surface area contributed by atoms with Crippen LogP contribution in [-0.4, -0.2) is 20.5 Å². The number of aryl methyl sites for hydroxylation is 1. The molecule has 3 heterocycles. The van der Waals surface area contributed by atoms with Crippen LogP contribution in [0.5, 0.6) is 0 Å². The number of nitrogens with zero attached hydrogens (tertiary/aromatic N) is 3. The van der Waals surface area contributed by atoms with Crippen LogP contribution < -0.4 is 5.32 Å². The summed E-state index contributed by atoms with van der Waals surface area (Å²) < 4.78 is 21.1. The van der Waals surface area contributed by atoms with E-state index in [1.807, 2.05) is 18.2 Å². The molecule has 0 spiro atoms. The fourth-order valence-electron chi connectivity index (χ4n) is 4.03. The maximum Gasteiger partial charge on any atom is 0.226 e. The van der Waals surface area contributed by atoms with Crippen LogP contribution in [0.15, 0.2) is 58.3 Å². The van der Waals surface area contributed by atoms with Crippen LogP contribution in [-0.2, 0) is 4.79 Å². The first-order valence-electron chi connectivity index (χ1n) is 8.85. The van der Waals surface area contributed by atoms with Gasteiger partial charge in [0.15, 0.2) is 5.78 Å². The van der Waals surface area contributed by atoms with Gasteiger partial charge in [0.05, 0.1) is 6.26 Å². The molecule has 1 aliphatic carbocycles. The normalized spacial score (nSPS) is 21.6. The van der Waals surface area contributed by atoms with E-state index in [9.17, 15) is 9.18 Å². The average Bonchev–Trinajstić information content (AvgIpc) is 3.28. The van der Waals surface area contributed by atoms with E-state index in [1.54, 1.807) is 23.9 Å². The van der Waals surface area contributed by atoms with Crippen molar-refractivity contribution < 1.29 is 13.6 Å². The highest BCUT2D eigenvalue weighted by molar-refractivity contribution is 6.00. The lowest BCUT2D eigenvalue weighted by atomic mass is 9.79. The standard InChI is InChI=1S/C20H17FN4O2/c1-11-22-20-23-15-9-13(17-6-3-7-27-17)10-16(26)18(15)19(25(20)24-11)12-4-2-5-14(21)8-12/h2-8,13,19H,9-10H2,1H3,(H,22,23,24). The molecule has 2 aliphatic rings. The van der Waals surface area contributed by atoms with Gasteiger partial charge in [0.1, 0.15) is 23.4 Å². The number of halogens is 1.